The molecule has 6 aromatic carbocycles. The second-order valence-corrected chi connectivity index (χ2v) is 17.4. The van der Waals surface area contributed by atoms with E-state index in [1.807, 2.05) is 27.2 Å². The van der Waals surface area contributed by atoms with Gasteiger partial charge in [0.15, 0.2) is 17.2 Å². The lowest BCUT2D eigenvalue weighted by atomic mass is 10.2. The smallest absolute Gasteiger partial charge is 0.308 e. The van der Waals surface area contributed by atoms with Crippen molar-refractivity contribution in [2.24, 2.45) is 0 Å². The van der Waals surface area contributed by atoms with Crippen molar-refractivity contribution in [1.82, 2.24) is 0 Å². The second kappa shape index (κ2) is 49.6. The molecule has 0 spiro atoms. The molecular formula is C50H45Br2Cl6F6N3O19. The Labute approximate surface area is 530 Å². The van der Waals surface area contributed by atoms with Crippen LogP contribution < -0.4 is 24.7 Å². The third kappa shape index (κ3) is 39.8. The molecule has 0 unspecified atom stereocenters. The number of rotatable bonds is 6. The van der Waals surface area contributed by atoms with Crippen molar-refractivity contribution >= 4 is 164 Å². The summed E-state index contributed by atoms with van der Waals surface area (Å²) in [5, 5.41) is 41.7. The Bertz CT molecular complexity index is 3090. The molecule has 0 aliphatic carbocycles. The summed E-state index contributed by atoms with van der Waals surface area (Å²) >= 11 is 39.1. The molecule has 0 heterocycles. The summed E-state index contributed by atoms with van der Waals surface area (Å²) in [6, 6.07) is 15.6. The number of nitrogen functional groups attached to an aromatic ring is 1. The quantitative estimate of drug-likeness (QED) is 0.0229. The summed E-state index contributed by atoms with van der Waals surface area (Å²) < 4.78 is 94.9. The van der Waals surface area contributed by atoms with Gasteiger partial charge in [0.2, 0.25) is 5.82 Å². The van der Waals surface area contributed by atoms with E-state index in [4.69, 9.17) is 125 Å². The van der Waals surface area contributed by atoms with Gasteiger partial charge in [-0.1, -0.05) is 77.0 Å². The van der Waals surface area contributed by atoms with Crippen LogP contribution in [0.25, 0.3) is 0 Å². The first kappa shape index (κ1) is 89.5. The number of carbonyl (C=O) groups is 8. The summed E-state index contributed by atoms with van der Waals surface area (Å²) in [6.45, 7) is 12.6. The Morgan fingerprint density at radius 2 is 0.826 bits per heavy atom. The number of ether oxygens (including phenoxy) is 4. The highest BCUT2D eigenvalue weighted by Gasteiger charge is 2.19. The van der Waals surface area contributed by atoms with Crippen molar-refractivity contribution in [2.45, 2.75) is 41.7 Å². The molecule has 0 aromatic heterocycles. The van der Waals surface area contributed by atoms with E-state index in [9.17, 15) is 55.6 Å². The normalized spacial score (nSPS) is 8.78. The Hall–Kier alpha value is -7.68. The van der Waals surface area contributed by atoms with Crippen LogP contribution in [0.4, 0.5) is 37.7 Å². The molecule has 5 N–H and O–H groups in total. The molecule has 22 nitrogen and oxygen atoms in total. The molecule has 0 aliphatic heterocycles. The van der Waals surface area contributed by atoms with Gasteiger partial charge in [-0.3, -0.25) is 29.3 Å². The van der Waals surface area contributed by atoms with E-state index in [1.165, 1.54) is 57.2 Å². The molecule has 86 heavy (non-hydrogen) atoms. The summed E-state index contributed by atoms with van der Waals surface area (Å²) in [6.07, 6.45) is 0. The number of benzene rings is 6. The van der Waals surface area contributed by atoms with Crippen molar-refractivity contribution in [3.8, 4) is 28.7 Å². The van der Waals surface area contributed by atoms with Crippen LogP contribution in [0, 0.1) is 55.1 Å². The van der Waals surface area contributed by atoms with Gasteiger partial charge in [-0.05, 0) is 104 Å². The number of phenolic OH excluding ortho intramolecular Hbond substituents is 1. The standard InChI is InChI=1S/C8H5BrClFO2.C8H5ClFNO4.C8H7ClFNO2.C8H6ClFO2.C7H5BrClFO.C6H4ClFO.4CH2O.CH4.HNO3/c1-4(12)13-8-2-5(9)7(11)3-6(8)10;1-4(12)15-8-3-7(11(13)14)6(10)2-5(8)9;1-4(12)13-8-3-7(11)6(10)2-5(8)9;1-5(11)12-8-3-2-6(10)4-7(8)9;8-5-1-4(3-11)6(9)2-7(5)10;7-5-3-4(8)1-2-6(5)9;4*1-2;;2-1(3)4/h2-3H,1H3;2-3H,1H3;2-3H,11H2,1H3;2-4H,1H3;1-2,11H,3H2;1-3,9H;4*1H2;1H4;(H,2,3,4). The fourth-order valence-electron chi connectivity index (χ4n) is 4.29. The Balaban J connectivity index is -0.000000215. The second-order valence-electron chi connectivity index (χ2n) is 13.3. The van der Waals surface area contributed by atoms with Crippen molar-refractivity contribution in [2.75, 3.05) is 5.73 Å². The maximum absolute atomic E-state index is 13.0. The number of esters is 4. The van der Waals surface area contributed by atoms with Gasteiger partial charge >= 0.3 is 29.6 Å². The van der Waals surface area contributed by atoms with Crippen molar-refractivity contribution in [3.63, 3.8) is 0 Å². The SMILES string of the molecule is C.C=O.C=O.C=O.C=O.CC(=O)Oc1cc(Br)c(F)cc1Cl.CC(=O)Oc1cc(N)c(F)cc1Cl.CC(=O)Oc1cc([N+](=O)[O-])c(F)cc1Cl.CC(=O)Oc1ccc(F)cc1Cl.O=[N+]([O-])O.OCc1cc(Br)c(F)cc1Cl.Oc1ccc(F)cc1Cl. The largest absolute Gasteiger partial charge is 0.506 e. The molecule has 0 aliphatic rings. The summed E-state index contributed by atoms with van der Waals surface area (Å²) in [7, 11) is 0. The minimum atomic E-state index is -1.50. The van der Waals surface area contributed by atoms with Crippen LogP contribution in [0.3, 0.4) is 0 Å². The highest BCUT2D eigenvalue weighted by molar-refractivity contribution is 9.10. The fraction of sp³-hybridized carbons (Fsp3) is 0.120. The van der Waals surface area contributed by atoms with Crippen LogP contribution in [-0.2, 0) is 45.0 Å². The number of nitro benzene ring substituents is 1. The molecule has 472 valence electrons. The van der Waals surface area contributed by atoms with Crippen LogP contribution in [0.15, 0.2) is 93.9 Å². The minimum Gasteiger partial charge on any atom is -0.506 e. The highest BCUT2D eigenvalue weighted by atomic mass is 79.9. The van der Waals surface area contributed by atoms with Gasteiger partial charge in [0.05, 0.1) is 57.3 Å². The predicted molar refractivity (Wildman–Crippen MR) is 312 cm³/mol. The van der Waals surface area contributed by atoms with Gasteiger partial charge in [0, 0.05) is 44.9 Å². The monoisotopic (exact) mass is 1470 g/mol. The van der Waals surface area contributed by atoms with Crippen LogP contribution in [0.1, 0.15) is 40.7 Å². The number of phenols is 1. The number of anilines is 1. The maximum atomic E-state index is 13.0. The number of carbonyl (C=O) groups excluding carboxylic acids is 8. The van der Waals surface area contributed by atoms with Crippen molar-refractivity contribution < 1.29 is 109 Å². The number of halogens is 14. The lowest BCUT2D eigenvalue weighted by molar-refractivity contribution is -0.742. The van der Waals surface area contributed by atoms with Gasteiger partial charge in [-0.2, -0.15) is 4.39 Å². The van der Waals surface area contributed by atoms with Gasteiger partial charge in [0.25, 0.3) is 5.09 Å². The van der Waals surface area contributed by atoms with Crippen LogP contribution in [-0.4, -0.2) is 76.5 Å². The average Bonchev–Trinajstić information content (AvgIpc) is 3.61. The van der Waals surface area contributed by atoms with E-state index in [0.717, 1.165) is 55.5 Å². The van der Waals surface area contributed by atoms with E-state index in [-0.39, 0.29) is 83.1 Å². The highest BCUT2D eigenvalue weighted by Crippen LogP contribution is 2.33. The number of nitro groups is 1. The van der Waals surface area contributed by atoms with Crippen LogP contribution >= 0.6 is 101 Å². The van der Waals surface area contributed by atoms with Gasteiger partial charge in [0.1, 0.15) is 67.7 Å². The fourth-order valence-corrected chi connectivity index (χ4v) is 6.15. The van der Waals surface area contributed by atoms with E-state index < -0.39 is 74.5 Å². The maximum Gasteiger partial charge on any atom is 0.308 e. The van der Waals surface area contributed by atoms with E-state index >= 15 is 0 Å². The molecule has 0 radical (unpaired) electrons. The molecule has 0 saturated carbocycles. The molecule has 36 heteroatoms. The lowest BCUT2D eigenvalue weighted by Gasteiger charge is -2.05. The third-order valence-corrected chi connectivity index (χ3v) is 10.4. The Morgan fingerprint density at radius 3 is 1.19 bits per heavy atom. The number of aliphatic hydroxyl groups excluding tert-OH is 1. The Morgan fingerprint density at radius 1 is 0.512 bits per heavy atom. The van der Waals surface area contributed by atoms with Gasteiger partial charge in [-0.15, -0.1) is 10.1 Å². The molecule has 0 saturated heterocycles. The van der Waals surface area contributed by atoms with Crippen molar-refractivity contribution in [3.05, 3.63) is 185 Å². The molecular weight excluding hydrogens is 1430 g/mol. The van der Waals surface area contributed by atoms with Gasteiger partial charge < -0.3 is 59.3 Å². The first-order valence-corrected chi connectivity index (χ1v) is 24.5. The Kier molecular flexibility index (Phi) is 51.6. The zero-order chi connectivity index (χ0) is 67.6. The summed E-state index contributed by atoms with van der Waals surface area (Å²) in [4.78, 5) is 92.0. The summed E-state index contributed by atoms with van der Waals surface area (Å²) in [5.74, 6) is -5.73. The molecule has 0 fully saturated rings. The first-order chi connectivity index (χ1) is 39.6. The number of hydrogen-bond donors (Lipinski definition) is 4. The molecule has 0 bridgehead atoms. The minimum absolute atomic E-state index is 0. The molecule has 0 amide bonds. The molecule has 6 rings (SSSR count). The first-order valence-electron chi connectivity index (χ1n) is 20.7. The zero-order valence-electron chi connectivity index (χ0n) is 43.3. The van der Waals surface area contributed by atoms with Crippen molar-refractivity contribution in [1.29, 1.82) is 0 Å². The van der Waals surface area contributed by atoms with Crippen LogP contribution in [0.5, 0.6) is 28.7 Å². The number of nitrogens with zero attached hydrogens (tertiary/aromatic N) is 2. The number of hydrogen-bond acceptors (Lipinski definition) is 19. The van der Waals surface area contributed by atoms with E-state index in [2.05, 4.69) is 46.1 Å². The van der Waals surface area contributed by atoms with Crippen LogP contribution in [0.2, 0.25) is 30.1 Å². The predicted octanol–water partition coefficient (Wildman–Crippen LogP) is 14.3. The number of aromatic hydroxyl groups is 1. The molecule has 6 aromatic rings. The number of aliphatic hydroxyl groups is 1. The lowest BCUT2D eigenvalue weighted by Crippen LogP contribution is -2.03. The average molecular weight is 1480 g/mol. The van der Waals surface area contributed by atoms with E-state index in [0.29, 0.717) is 10.0 Å². The van der Waals surface area contributed by atoms with E-state index in [1.54, 1.807) is 0 Å². The number of nitrogens with two attached hydrogens (primary N) is 1. The van der Waals surface area contributed by atoms with Gasteiger partial charge in [-0.25, -0.2) is 22.0 Å². The zero-order valence-corrected chi connectivity index (χ0v) is 51.0. The summed E-state index contributed by atoms with van der Waals surface area (Å²) in [5.41, 5.74) is 4.85. The molecule has 0 atom stereocenters. The third-order valence-electron chi connectivity index (χ3n) is 7.30. The topological polar surface area (TPSA) is 346 Å².